The SMILES string of the molecule is CN(C(=O)COc1ccc(NS(=O)(=O)N2CCC3C[C@@H]3C2)c2c1CCCN2)C(CN1CC[C@H](O)C1)c1ccccc1. The van der Waals surface area contributed by atoms with Gasteiger partial charge < -0.3 is 20.1 Å². The largest absolute Gasteiger partial charge is 0.483 e. The number of anilines is 2. The van der Waals surface area contributed by atoms with Crippen LogP contribution in [0.2, 0.25) is 0 Å². The molecule has 0 radical (unpaired) electrons. The summed E-state index contributed by atoms with van der Waals surface area (Å²) in [6.07, 6.45) is 4.11. The lowest BCUT2D eigenvalue weighted by molar-refractivity contribution is -0.134. The molecule has 2 saturated heterocycles. The molecule has 2 unspecified atom stereocenters. The topological polar surface area (TPSA) is 114 Å². The Bertz CT molecular complexity index is 1360. The number of carbonyl (C=O) groups is 1. The molecule has 4 atom stereocenters. The highest BCUT2D eigenvalue weighted by molar-refractivity contribution is 7.90. The smallest absolute Gasteiger partial charge is 0.301 e. The zero-order valence-electron chi connectivity index (χ0n) is 23.7. The van der Waals surface area contributed by atoms with E-state index in [0.717, 1.165) is 62.0 Å². The highest BCUT2D eigenvalue weighted by atomic mass is 32.2. The quantitative estimate of drug-likeness (QED) is 0.394. The number of likely N-dealkylation sites (N-methyl/N-ethyl adjacent to an activating group) is 1. The van der Waals surface area contributed by atoms with E-state index in [-0.39, 0.29) is 24.7 Å². The van der Waals surface area contributed by atoms with Crippen molar-refractivity contribution in [1.29, 1.82) is 0 Å². The molecule has 0 aromatic heterocycles. The van der Waals surface area contributed by atoms with Crippen molar-refractivity contribution < 1.29 is 23.1 Å². The third-order valence-corrected chi connectivity index (χ3v) is 10.6. The number of rotatable bonds is 10. The summed E-state index contributed by atoms with van der Waals surface area (Å²) in [5.74, 6) is 1.64. The molecule has 1 saturated carbocycles. The van der Waals surface area contributed by atoms with Crippen LogP contribution in [0.15, 0.2) is 42.5 Å². The van der Waals surface area contributed by atoms with Gasteiger partial charge in [-0.25, -0.2) is 0 Å². The monoisotopic (exact) mass is 583 g/mol. The van der Waals surface area contributed by atoms with Gasteiger partial charge in [-0.3, -0.25) is 14.4 Å². The maximum Gasteiger partial charge on any atom is 0.301 e. The van der Waals surface area contributed by atoms with Gasteiger partial charge in [0.05, 0.1) is 23.5 Å². The fourth-order valence-corrected chi connectivity index (χ4v) is 7.82. The Kier molecular flexibility index (Phi) is 8.13. The van der Waals surface area contributed by atoms with Crippen LogP contribution in [0.4, 0.5) is 11.4 Å². The minimum absolute atomic E-state index is 0.129. The fraction of sp³-hybridized carbons (Fsp3) is 0.567. The minimum Gasteiger partial charge on any atom is -0.483 e. The molecule has 10 nitrogen and oxygen atoms in total. The molecule has 41 heavy (non-hydrogen) atoms. The molecule has 3 heterocycles. The number of nitrogens with one attached hydrogen (secondary N) is 2. The summed E-state index contributed by atoms with van der Waals surface area (Å²) in [5.41, 5.74) is 3.17. The van der Waals surface area contributed by atoms with Gasteiger partial charge in [-0.2, -0.15) is 12.7 Å². The number of carbonyl (C=O) groups excluding carboxylic acids is 1. The Labute approximate surface area is 242 Å². The number of nitrogens with zero attached hydrogens (tertiary/aromatic N) is 3. The van der Waals surface area contributed by atoms with E-state index < -0.39 is 10.2 Å². The summed E-state index contributed by atoms with van der Waals surface area (Å²) in [4.78, 5) is 17.3. The van der Waals surface area contributed by atoms with Crippen LogP contribution >= 0.6 is 0 Å². The highest BCUT2D eigenvalue weighted by Gasteiger charge is 2.44. The Morgan fingerprint density at radius 3 is 2.73 bits per heavy atom. The standard InChI is InChI=1S/C30H41N5O5S/c1-33(27(21-6-3-2-4-7-21)19-34-14-12-24(36)18-34)29(37)20-40-28-10-9-26(30-25(28)8-5-13-31-30)32-41(38,39)35-15-11-22-16-23(22)17-35/h2-4,6-7,9-10,22-24,27,31-32,36H,5,8,11-20H2,1H3/t22?,23-,24+,27?/m1/s1. The van der Waals surface area contributed by atoms with Gasteiger partial charge in [0.15, 0.2) is 6.61 Å². The van der Waals surface area contributed by atoms with Crippen molar-refractivity contribution in [2.75, 3.05) is 63.0 Å². The lowest BCUT2D eigenvalue weighted by Crippen LogP contribution is -2.41. The summed E-state index contributed by atoms with van der Waals surface area (Å²) in [6, 6.07) is 13.3. The predicted octanol–water partition coefficient (Wildman–Crippen LogP) is 2.69. The van der Waals surface area contributed by atoms with Crippen LogP contribution in [0, 0.1) is 11.8 Å². The molecule has 2 aromatic carbocycles. The van der Waals surface area contributed by atoms with Crippen molar-refractivity contribution in [3.63, 3.8) is 0 Å². The Morgan fingerprint density at radius 2 is 1.98 bits per heavy atom. The summed E-state index contributed by atoms with van der Waals surface area (Å²) >= 11 is 0. The molecule has 3 fully saturated rings. The fourth-order valence-electron chi connectivity index (χ4n) is 6.51. The first-order chi connectivity index (χ1) is 19.8. The molecule has 1 aliphatic carbocycles. The van der Waals surface area contributed by atoms with Gasteiger partial charge in [-0.05, 0) is 61.6 Å². The van der Waals surface area contributed by atoms with E-state index in [1.807, 2.05) is 30.3 Å². The van der Waals surface area contributed by atoms with Gasteiger partial charge in [0.2, 0.25) is 0 Å². The first-order valence-electron chi connectivity index (χ1n) is 14.8. The number of likely N-dealkylation sites (tertiary alicyclic amines) is 1. The number of ether oxygens (including phenoxy) is 1. The summed E-state index contributed by atoms with van der Waals surface area (Å²) in [6.45, 7) is 3.81. The summed E-state index contributed by atoms with van der Waals surface area (Å²) in [7, 11) is -1.85. The molecule has 3 aliphatic heterocycles. The number of fused-ring (bicyclic) bond motifs is 2. The number of piperidine rings is 1. The van der Waals surface area contributed by atoms with E-state index in [4.69, 9.17) is 4.74 Å². The molecule has 1 amide bonds. The second-order valence-electron chi connectivity index (χ2n) is 11.9. The molecule has 0 spiro atoms. The molecule has 0 bridgehead atoms. The van der Waals surface area contributed by atoms with Crippen LogP contribution in [-0.4, -0.2) is 92.6 Å². The maximum absolute atomic E-state index is 13.4. The van der Waals surface area contributed by atoms with Crippen LogP contribution in [0.3, 0.4) is 0 Å². The number of hydrogen-bond acceptors (Lipinski definition) is 7. The third-order valence-electron chi connectivity index (χ3n) is 9.09. The highest BCUT2D eigenvalue weighted by Crippen LogP contribution is 2.46. The molecule has 2 aromatic rings. The number of amides is 1. The van der Waals surface area contributed by atoms with Crippen molar-refractivity contribution in [3.05, 3.63) is 53.6 Å². The average Bonchev–Trinajstić information content (AvgIpc) is 3.66. The summed E-state index contributed by atoms with van der Waals surface area (Å²) < 4.78 is 36.9. The second kappa shape index (κ2) is 11.8. The number of hydrogen-bond donors (Lipinski definition) is 3. The van der Waals surface area contributed by atoms with E-state index in [9.17, 15) is 18.3 Å². The van der Waals surface area contributed by atoms with E-state index in [1.165, 1.54) is 0 Å². The van der Waals surface area contributed by atoms with Gasteiger partial charge in [0.1, 0.15) is 5.75 Å². The first-order valence-corrected chi connectivity index (χ1v) is 16.2. The molecule has 6 rings (SSSR count). The molecular weight excluding hydrogens is 542 g/mol. The summed E-state index contributed by atoms with van der Waals surface area (Å²) in [5, 5.41) is 13.4. The molecule has 222 valence electrons. The van der Waals surface area contributed by atoms with E-state index in [1.54, 1.807) is 28.4 Å². The number of benzene rings is 2. The van der Waals surface area contributed by atoms with Gasteiger partial charge in [-0.15, -0.1) is 0 Å². The van der Waals surface area contributed by atoms with E-state index in [0.29, 0.717) is 49.5 Å². The molecule has 3 N–H and O–H groups in total. The van der Waals surface area contributed by atoms with Crippen LogP contribution in [0.5, 0.6) is 5.75 Å². The van der Waals surface area contributed by atoms with Crippen LogP contribution < -0.4 is 14.8 Å². The average molecular weight is 584 g/mol. The van der Waals surface area contributed by atoms with Crippen molar-refractivity contribution in [2.24, 2.45) is 11.8 Å². The zero-order chi connectivity index (χ0) is 28.6. The first kappa shape index (κ1) is 28.3. The van der Waals surface area contributed by atoms with Crippen molar-refractivity contribution >= 4 is 27.5 Å². The zero-order valence-corrected chi connectivity index (χ0v) is 24.5. The number of aliphatic hydroxyl groups is 1. The van der Waals surface area contributed by atoms with Crippen molar-refractivity contribution in [3.8, 4) is 5.75 Å². The third kappa shape index (κ3) is 6.33. The molecule has 4 aliphatic rings. The van der Waals surface area contributed by atoms with Gasteiger partial charge in [-0.1, -0.05) is 30.3 Å². The van der Waals surface area contributed by atoms with Crippen molar-refractivity contribution in [2.45, 2.75) is 44.2 Å². The lowest BCUT2D eigenvalue weighted by Gasteiger charge is -2.32. The number of aliphatic hydroxyl groups excluding tert-OH is 1. The van der Waals surface area contributed by atoms with E-state index in [2.05, 4.69) is 14.9 Å². The Hall–Kier alpha value is -2.86. The van der Waals surface area contributed by atoms with Crippen molar-refractivity contribution in [1.82, 2.24) is 14.1 Å². The van der Waals surface area contributed by atoms with E-state index >= 15 is 0 Å². The number of β-amino-alcohol motifs (C(OH)–C–C–N with tert-alkyl or cyclic N) is 1. The normalized spacial score (nSPS) is 25.0. The van der Waals surface area contributed by atoms with Gasteiger partial charge >= 0.3 is 10.2 Å². The van der Waals surface area contributed by atoms with Gasteiger partial charge in [0.25, 0.3) is 5.91 Å². The Morgan fingerprint density at radius 1 is 1.15 bits per heavy atom. The predicted molar refractivity (Wildman–Crippen MR) is 158 cm³/mol. The van der Waals surface area contributed by atoms with Crippen LogP contribution in [0.25, 0.3) is 0 Å². The Balaban J connectivity index is 1.14. The van der Waals surface area contributed by atoms with Crippen LogP contribution in [-0.2, 0) is 21.4 Å². The maximum atomic E-state index is 13.4. The van der Waals surface area contributed by atoms with Gasteiger partial charge in [0, 0.05) is 51.9 Å². The lowest BCUT2D eigenvalue weighted by atomic mass is 10.0. The molecule has 11 heteroatoms. The van der Waals surface area contributed by atoms with Crippen LogP contribution in [0.1, 0.15) is 42.9 Å². The minimum atomic E-state index is -3.65. The molecular formula is C30H41N5O5S. The second-order valence-corrected chi connectivity index (χ2v) is 13.6.